The molecule has 3 nitrogen and oxygen atoms in total. The Hall–Kier alpha value is -2.55. The summed E-state index contributed by atoms with van der Waals surface area (Å²) in [4.78, 5) is 4.24. The Morgan fingerprint density at radius 3 is 2.63 bits per heavy atom. The highest BCUT2D eigenvalue weighted by Gasteiger charge is 2.00. The van der Waals surface area contributed by atoms with E-state index in [-0.39, 0.29) is 0 Å². The van der Waals surface area contributed by atoms with Crippen LogP contribution in [0.4, 0.5) is 11.5 Å². The number of benzene rings is 2. The molecule has 19 heavy (non-hydrogen) atoms. The van der Waals surface area contributed by atoms with Crippen molar-refractivity contribution in [2.45, 2.75) is 6.54 Å². The number of aromatic nitrogens is 1. The molecule has 3 N–H and O–H groups in total. The molecule has 1 aromatic heterocycles. The number of rotatable bonds is 3. The fourth-order valence-electron chi connectivity index (χ4n) is 2.14. The van der Waals surface area contributed by atoms with Crippen LogP contribution in [-0.4, -0.2) is 4.98 Å². The highest BCUT2D eigenvalue weighted by atomic mass is 15.0. The van der Waals surface area contributed by atoms with Gasteiger partial charge in [0.05, 0.1) is 11.9 Å². The largest absolute Gasteiger partial charge is 0.397 e. The second-order valence-corrected chi connectivity index (χ2v) is 4.47. The number of fused-ring (bicyclic) bond motifs is 1. The van der Waals surface area contributed by atoms with Crippen LogP contribution >= 0.6 is 0 Å². The van der Waals surface area contributed by atoms with E-state index < -0.39 is 0 Å². The van der Waals surface area contributed by atoms with Crippen LogP contribution in [0.2, 0.25) is 0 Å². The number of nitrogens with two attached hydrogens (primary N) is 1. The van der Waals surface area contributed by atoms with Gasteiger partial charge in [0.2, 0.25) is 0 Å². The highest BCUT2D eigenvalue weighted by molar-refractivity contribution is 5.85. The lowest BCUT2D eigenvalue weighted by atomic mass is 10.0. The first-order chi connectivity index (χ1) is 9.33. The van der Waals surface area contributed by atoms with E-state index in [0.29, 0.717) is 5.69 Å². The topological polar surface area (TPSA) is 50.9 Å². The predicted octanol–water partition coefficient (Wildman–Crippen LogP) is 3.43. The zero-order valence-corrected chi connectivity index (χ0v) is 10.5. The summed E-state index contributed by atoms with van der Waals surface area (Å²) >= 11 is 0. The molecule has 0 atom stereocenters. The summed E-state index contributed by atoms with van der Waals surface area (Å²) in [6, 6.07) is 18.5. The highest BCUT2D eigenvalue weighted by Crippen LogP contribution is 2.19. The van der Waals surface area contributed by atoms with E-state index in [1.165, 1.54) is 16.3 Å². The van der Waals surface area contributed by atoms with E-state index >= 15 is 0 Å². The summed E-state index contributed by atoms with van der Waals surface area (Å²) in [5.41, 5.74) is 7.56. The minimum Gasteiger partial charge on any atom is -0.397 e. The average molecular weight is 249 g/mol. The minimum absolute atomic E-state index is 0.677. The average Bonchev–Trinajstić information content (AvgIpc) is 2.47. The Bertz CT molecular complexity index is 684. The van der Waals surface area contributed by atoms with Crippen molar-refractivity contribution in [1.29, 1.82) is 0 Å². The normalized spacial score (nSPS) is 10.5. The van der Waals surface area contributed by atoms with Crippen LogP contribution in [-0.2, 0) is 6.54 Å². The maximum absolute atomic E-state index is 5.62. The van der Waals surface area contributed by atoms with Crippen LogP contribution < -0.4 is 11.1 Å². The molecular formula is C16H15N3. The molecule has 94 valence electrons. The van der Waals surface area contributed by atoms with Crippen molar-refractivity contribution < 1.29 is 0 Å². The Kier molecular flexibility index (Phi) is 3.02. The lowest BCUT2D eigenvalue weighted by molar-refractivity contribution is 1.13. The van der Waals surface area contributed by atoms with Crippen molar-refractivity contribution >= 4 is 22.3 Å². The van der Waals surface area contributed by atoms with Crippen molar-refractivity contribution in [3.63, 3.8) is 0 Å². The summed E-state index contributed by atoms with van der Waals surface area (Å²) < 4.78 is 0. The van der Waals surface area contributed by atoms with Gasteiger partial charge in [-0.3, -0.25) is 0 Å². The van der Waals surface area contributed by atoms with Crippen molar-refractivity contribution in [2.24, 2.45) is 0 Å². The number of nitrogens with one attached hydrogen (secondary N) is 1. The lowest BCUT2D eigenvalue weighted by Crippen LogP contribution is -2.02. The lowest BCUT2D eigenvalue weighted by Gasteiger charge is -2.08. The number of anilines is 2. The van der Waals surface area contributed by atoms with Crippen molar-refractivity contribution in [1.82, 2.24) is 4.98 Å². The van der Waals surface area contributed by atoms with Gasteiger partial charge in [-0.1, -0.05) is 42.5 Å². The molecule has 2 aromatic carbocycles. The Morgan fingerprint density at radius 1 is 0.947 bits per heavy atom. The van der Waals surface area contributed by atoms with Crippen LogP contribution in [0.15, 0.2) is 60.8 Å². The summed E-state index contributed by atoms with van der Waals surface area (Å²) in [7, 11) is 0. The molecule has 3 aromatic rings. The molecule has 3 heteroatoms. The molecule has 0 aliphatic heterocycles. The third kappa shape index (κ3) is 2.50. The molecule has 0 aliphatic carbocycles. The fourth-order valence-corrected chi connectivity index (χ4v) is 2.14. The third-order valence-electron chi connectivity index (χ3n) is 3.13. The Labute approximate surface area is 112 Å². The van der Waals surface area contributed by atoms with Crippen LogP contribution in [0, 0.1) is 0 Å². The number of pyridine rings is 1. The monoisotopic (exact) mass is 249 g/mol. The first-order valence-corrected chi connectivity index (χ1v) is 6.25. The molecule has 0 bridgehead atoms. The first-order valence-electron chi connectivity index (χ1n) is 6.25. The SMILES string of the molecule is Nc1ccc(NCc2cccc3ccccc23)nc1. The molecule has 0 fully saturated rings. The summed E-state index contributed by atoms with van der Waals surface area (Å²) in [6.45, 7) is 0.748. The van der Waals surface area contributed by atoms with Crippen LogP contribution in [0.25, 0.3) is 10.8 Å². The number of hydrogen-bond donors (Lipinski definition) is 2. The quantitative estimate of drug-likeness (QED) is 0.747. The summed E-state index contributed by atoms with van der Waals surface area (Å²) in [5, 5.41) is 5.84. The maximum Gasteiger partial charge on any atom is 0.126 e. The van der Waals surface area contributed by atoms with Gasteiger partial charge in [0.25, 0.3) is 0 Å². The molecule has 0 unspecified atom stereocenters. The van der Waals surface area contributed by atoms with Gasteiger partial charge < -0.3 is 11.1 Å². The van der Waals surface area contributed by atoms with Gasteiger partial charge >= 0.3 is 0 Å². The zero-order valence-electron chi connectivity index (χ0n) is 10.5. The standard InChI is InChI=1S/C16H15N3/c17-14-8-9-16(19-11-14)18-10-13-6-3-5-12-4-1-2-7-15(12)13/h1-9,11H,10,17H2,(H,18,19). The molecule has 0 aliphatic rings. The van der Waals surface area contributed by atoms with E-state index in [0.717, 1.165) is 12.4 Å². The van der Waals surface area contributed by atoms with Crippen LogP contribution in [0.3, 0.4) is 0 Å². The second-order valence-electron chi connectivity index (χ2n) is 4.47. The predicted molar refractivity (Wildman–Crippen MR) is 79.9 cm³/mol. The number of hydrogen-bond acceptors (Lipinski definition) is 3. The summed E-state index contributed by atoms with van der Waals surface area (Å²) in [6.07, 6.45) is 1.66. The summed E-state index contributed by atoms with van der Waals surface area (Å²) in [5.74, 6) is 0.835. The van der Waals surface area contributed by atoms with E-state index in [1.54, 1.807) is 6.20 Å². The molecule has 0 spiro atoms. The molecule has 0 saturated carbocycles. The Balaban J connectivity index is 1.84. The second kappa shape index (κ2) is 4.98. The van der Waals surface area contributed by atoms with Gasteiger partial charge in [-0.05, 0) is 28.5 Å². The molecule has 0 radical (unpaired) electrons. The van der Waals surface area contributed by atoms with Gasteiger partial charge in [-0.25, -0.2) is 4.98 Å². The number of nitrogens with zero attached hydrogens (tertiary/aromatic N) is 1. The fraction of sp³-hybridized carbons (Fsp3) is 0.0625. The minimum atomic E-state index is 0.677. The van der Waals surface area contributed by atoms with Crippen LogP contribution in [0.5, 0.6) is 0 Å². The maximum atomic E-state index is 5.62. The molecule has 3 rings (SSSR count). The van der Waals surface area contributed by atoms with E-state index in [4.69, 9.17) is 5.73 Å². The van der Waals surface area contributed by atoms with E-state index in [9.17, 15) is 0 Å². The number of nitrogen functional groups attached to an aromatic ring is 1. The van der Waals surface area contributed by atoms with Crippen molar-refractivity contribution in [3.8, 4) is 0 Å². The van der Waals surface area contributed by atoms with Crippen LogP contribution in [0.1, 0.15) is 5.56 Å². The van der Waals surface area contributed by atoms with Gasteiger partial charge in [0.1, 0.15) is 5.82 Å². The van der Waals surface area contributed by atoms with Crippen molar-refractivity contribution in [3.05, 3.63) is 66.4 Å². The van der Waals surface area contributed by atoms with Crippen molar-refractivity contribution in [2.75, 3.05) is 11.1 Å². The first kappa shape index (κ1) is 11.5. The molecule has 0 amide bonds. The van der Waals surface area contributed by atoms with Gasteiger partial charge in [-0.2, -0.15) is 0 Å². The molecule has 1 heterocycles. The van der Waals surface area contributed by atoms with Gasteiger partial charge in [-0.15, -0.1) is 0 Å². The van der Waals surface area contributed by atoms with Gasteiger partial charge in [0, 0.05) is 6.54 Å². The zero-order chi connectivity index (χ0) is 13.1. The molecule has 0 saturated heterocycles. The smallest absolute Gasteiger partial charge is 0.126 e. The Morgan fingerprint density at radius 2 is 1.79 bits per heavy atom. The van der Waals surface area contributed by atoms with E-state index in [1.807, 2.05) is 12.1 Å². The third-order valence-corrected chi connectivity index (χ3v) is 3.13. The molecular weight excluding hydrogens is 234 g/mol. The van der Waals surface area contributed by atoms with Gasteiger partial charge in [0.15, 0.2) is 0 Å². The van der Waals surface area contributed by atoms with E-state index in [2.05, 4.69) is 52.8 Å².